The monoisotopic (exact) mass is 505 g/mol. The van der Waals surface area contributed by atoms with Gasteiger partial charge in [0.2, 0.25) is 0 Å². The Morgan fingerprint density at radius 3 is 2.59 bits per heavy atom. The number of tetrazole rings is 1. The van der Waals surface area contributed by atoms with Gasteiger partial charge in [0.05, 0.1) is 18.2 Å². The average molecular weight is 506 g/mol. The first kappa shape index (κ1) is 24.7. The summed E-state index contributed by atoms with van der Waals surface area (Å²) >= 11 is 0. The third-order valence-corrected chi connectivity index (χ3v) is 8.63. The van der Waals surface area contributed by atoms with Crippen molar-refractivity contribution in [3.63, 3.8) is 0 Å². The summed E-state index contributed by atoms with van der Waals surface area (Å²) in [5.41, 5.74) is 3.82. The van der Waals surface area contributed by atoms with Crippen LogP contribution in [0.4, 0.5) is 0 Å². The van der Waals surface area contributed by atoms with Crippen molar-refractivity contribution in [2.75, 3.05) is 32.8 Å². The van der Waals surface area contributed by atoms with E-state index in [2.05, 4.69) is 62.4 Å². The van der Waals surface area contributed by atoms with E-state index >= 15 is 0 Å². The van der Waals surface area contributed by atoms with Crippen molar-refractivity contribution in [2.24, 2.45) is 0 Å². The zero-order valence-electron chi connectivity index (χ0n) is 22.2. The zero-order chi connectivity index (χ0) is 25.4. The molecule has 3 aliphatic rings. The van der Waals surface area contributed by atoms with E-state index in [1.165, 1.54) is 37.7 Å². The molecule has 6 rings (SSSR count). The van der Waals surface area contributed by atoms with Crippen molar-refractivity contribution in [1.29, 1.82) is 0 Å². The first-order valence-corrected chi connectivity index (χ1v) is 14.1. The van der Waals surface area contributed by atoms with Gasteiger partial charge in [-0.1, -0.05) is 30.9 Å². The topological polar surface area (TPSA) is 92.2 Å². The molecule has 0 amide bonds. The van der Waals surface area contributed by atoms with Gasteiger partial charge in [-0.05, 0) is 73.0 Å². The molecule has 3 fully saturated rings. The normalized spacial score (nSPS) is 23.1. The van der Waals surface area contributed by atoms with Crippen LogP contribution >= 0.6 is 0 Å². The first-order valence-electron chi connectivity index (χ1n) is 14.1. The Morgan fingerprint density at radius 2 is 1.84 bits per heavy atom. The second-order valence-corrected chi connectivity index (χ2v) is 11.2. The van der Waals surface area contributed by atoms with Crippen molar-refractivity contribution in [3.05, 3.63) is 51.1 Å². The molecule has 2 saturated heterocycles. The minimum absolute atomic E-state index is 0.0640. The van der Waals surface area contributed by atoms with E-state index < -0.39 is 0 Å². The van der Waals surface area contributed by atoms with Gasteiger partial charge in [-0.15, -0.1) is 5.10 Å². The molecule has 1 aromatic carbocycles. The number of nitrogens with one attached hydrogen (secondary N) is 1. The number of pyridine rings is 1. The molecule has 1 aliphatic carbocycles. The van der Waals surface area contributed by atoms with E-state index in [9.17, 15) is 4.79 Å². The lowest BCUT2D eigenvalue weighted by molar-refractivity contribution is 0.0593. The third-order valence-electron chi connectivity index (χ3n) is 8.63. The van der Waals surface area contributed by atoms with E-state index in [1.54, 1.807) is 0 Å². The van der Waals surface area contributed by atoms with Gasteiger partial charge in [0, 0.05) is 44.4 Å². The van der Waals surface area contributed by atoms with Crippen LogP contribution < -0.4 is 5.56 Å². The smallest absolute Gasteiger partial charge is 0.253 e. The predicted molar refractivity (Wildman–Crippen MR) is 143 cm³/mol. The van der Waals surface area contributed by atoms with E-state index in [0.29, 0.717) is 18.2 Å². The average Bonchev–Trinajstić information content (AvgIpc) is 3.59. The number of aromatic amines is 1. The Labute approximate surface area is 218 Å². The van der Waals surface area contributed by atoms with Crippen LogP contribution in [0.5, 0.6) is 0 Å². The van der Waals surface area contributed by atoms with Gasteiger partial charge in [0.1, 0.15) is 6.04 Å². The minimum atomic E-state index is -0.307. The molecule has 198 valence electrons. The summed E-state index contributed by atoms with van der Waals surface area (Å²) in [5.74, 6) is 0.732. The maximum Gasteiger partial charge on any atom is 0.253 e. The van der Waals surface area contributed by atoms with Gasteiger partial charge in [-0.2, -0.15) is 0 Å². The molecule has 9 heteroatoms. The summed E-state index contributed by atoms with van der Waals surface area (Å²) in [7, 11) is 0. The maximum atomic E-state index is 13.6. The molecule has 2 aromatic heterocycles. The lowest BCUT2D eigenvalue weighted by atomic mass is 9.93. The Bertz CT molecular complexity index is 1280. The summed E-state index contributed by atoms with van der Waals surface area (Å²) in [6, 6.07) is 6.72. The summed E-state index contributed by atoms with van der Waals surface area (Å²) in [6.07, 6.45) is 8.88. The van der Waals surface area contributed by atoms with Crippen LogP contribution in [0.3, 0.4) is 0 Å². The molecule has 2 aliphatic heterocycles. The van der Waals surface area contributed by atoms with Crippen LogP contribution in [0.15, 0.2) is 23.0 Å². The molecule has 0 unspecified atom stereocenters. The highest BCUT2D eigenvalue weighted by Gasteiger charge is 2.35. The number of nitrogens with zero attached hydrogens (tertiary/aromatic N) is 6. The van der Waals surface area contributed by atoms with Gasteiger partial charge in [-0.25, -0.2) is 4.68 Å². The maximum absolute atomic E-state index is 13.6. The Kier molecular flexibility index (Phi) is 7.10. The van der Waals surface area contributed by atoms with Gasteiger partial charge in [0.15, 0.2) is 5.82 Å². The van der Waals surface area contributed by atoms with Gasteiger partial charge < -0.3 is 9.72 Å². The number of fused-ring (bicyclic) bond motifs is 1. The lowest BCUT2D eigenvalue weighted by Gasteiger charge is -2.43. The fourth-order valence-electron chi connectivity index (χ4n) is 6.73. The van der Waals surface area contributed by atoms with Crippen molar-refractivity contribution in [2.45, 2.75) is 83.5 Å². The SMILES string of the molecule is Cc1cc(C)c2[nH]c(=O)c([C@H](c3nnnn3C[C@H]3CCCO3)N3CCN(C4CCCCC4)CC3)cc2c1. The van der Waals surface area contributed by atoms with E-state index in [-0.39, 0.29) is 17.7 Å². The van der Waals surface area contributed by atoms with E-state index in [0.717, 1.165) is 67.9 Å². The van der Waals surface area contributed by atoms with Crippen molar-refractivity contribution < 1.29 is 4.74 Å². The predicted octanol–water partition coefficient (Wildman–Crippen LogP) is 3.35. The summed E-state index contributed by atoms with van der Waals surface area (Å²) in [4.78, 5) is 21.9. The van der Waals surface area contributed by atoms with E-state index in [1.807, 2.05) is 4.68 Å². The summed E-state index contributed by atoms with van der Waals surface area (Å²) < 4.78 is 7.77. The Morgan fingerprint density at radius 1 is 1.03 bits per heavy atom. The summed E-state index contributed by atoms with van der Waals surface area (Å²) in [5, 5.41) is 14.0. The number of H-pyrrole nitrogens is 1. The number of hydrogen-bond acceptors (Lipinski definition) is 7. The molecule has 0 bridgehead atoms. The minimum Gasteiger partial charge on any atom is -0.376 e. The zero-order valence-corrected chi connectivity index (χ0v) is 22.2. The highest BCUT2D eigenvalue weighted by Crippen LogP contribution is 2.31. The number of benzene rings is 1. The fraction of sp³-hybridized carbons (Fsp3) is 0.643. The largest absolute Gasteiger partial charge is 0.376 e. The number of hydrogen-bond donors (Lipinski definition) is 1. The van der Waals surface area contributed by atoms with Crippen LogP contribution in [-0.4, -0.2) is 79.9 Å². The molecular weight excluding hydrogens is 466 g/mol. The van der Waals surface area contributed by atoms with Crippen LogP contribution in [0.1, 0.15) is 73.5 Å². The van der Waals surface area contributed by atoms with Crippen molar-refractivity contribution in [3.8, 4) is 0 Å². The Balaban J connectivity index is 1.36. The molecule has 3 aromatic rings. The van der Waals surface area contributed by atoms with Crippen LogP contribution in [0.2, 0.25) is 0 Å². The Hall–Kier alpha value is -2.62. The highest BCUT2D eigenvalue weighted by molar-refractivity contribution is 5.83. The van der Waals surface area contributed by atoms with Crippen molar-refractivity contribution >= 4 is 10.9 Å². The van der Waals surface area contributed by atoms with Crippen LogP contribution in [-0.2, 0) is 11.3 Å². The molecule has 0 spiro atoms. The molecule has 9 nitrogen and oxygen atoms in total. The highest BCUT2D eigenvalue weighted by atomic mass is 16.5. The van der Waals surface area contributed by atoms with E-state index in [4.69, 9.17) is 4.74 Å². The third kappa shape index (κ3) is 5.09. The molecular formula is C28H39N7O2. The first-order chi connectivity index (χ1) is 18.1. The molecule has 2 atom stereocenters. The standard InChI is InChI=1S/C28H39N7O2/c1-19-15-20(2)25-21(16-19)17-24(28(36)29-25)26(27-30-31-32-35(27)18-23-9-6-14-37-23)34-12-10-33(11-13-34)22-7-4-3-5-8-22/h15-17,22-23,26H,3-14,18H2,1-2H3,(H,29,36)/t23-,26-/m1/s1. The van der Waals surface area contributed by atoms with Gasteiger partial charge in [0.25, 0.3) is 5.56 Å². The molecule has 37 heavy (non-hydrogen) atoms. The lowest BCUT2D eigenvalue weighted by Crippen LogP contribution is -2.52. The number of rotatable bonds is 6. The second-order valence-electron chi connectivity index (χ2n) is 11.2. The quantitative estimate of drug-likeness (QED) is 0.549. The molecule has 1 saturated carbocycles. The van der Waals surface area contributed by atoms with Crippen molar-refractivity contribution in [1.82, 2.24) is 35.0 Å². The van der Waals surface area contributed by atoms with Crippen LogP contribution in [0.25, 0.3) is 10.9 Å². The second kappa shape index (κ2) is 10.6. The van der Waals surface area contributed by atoms with Gasteiger partial charge in [-0.3, -0.25) is 14.6 Å². The molecule has 4 heterocycles. The number of aryl methyl sites for hydroxylation is 2. The molecule has 0 radical (unpaired) electrons. The fourth-order valence-corrected chi connectivity index (χ4v) is 6.73. The molecule has 1 N–H and O–H groups in total. The summed E-state index contributed by atoms with van der Waals surface area (Å²) in [6.45, 7) is 9.35. The van der Waals surface area contributed by atoms with Crippen LogP contribution in [0, 0.1) is 13.8 Å². The van der Waals surface area contributed by atoms with Gasteiger partial charge >= 0.3 is 0 Å². The number of aromatic nitrogens is 5. The number of ether oxygens (including phenoxy) is 1. The number of piperazine rings is 1.